The Kier molecular flexibility index (Phi) is 21.3. The number of ketones is 1. The maximum atomic E-state index is 12.3. The fraction of sp³-hybridized carbons (Fsp3) is 0.636. The molecule has 2 heterocycles. The maximum Gasteiger partial charge on any atom is 0.253 e. The van der Waals surface area contributed by atoms with Crippen molar-refractivity contribution in [1.29, 1.82) is 0 Å². The molecule has 2 aromatic rings. The minimum absolute atomic E-state index is 0.0302. The highest BCUT2D eigenvalue weighted by molar-refractivity contribution is 6.12. The van der Waals surface area contributed by atoms with Gasteiger partial charge in [-0.3, -0.25) is 24.1 Å². The number of nitrogens with one attached hydrogen (secondary N) is 1. The molecule has 17 heteroatoms. The number of Topliss-reactive ketones (excluding diaryl/α,β-unsaturated/α-hetero) is 1. The van der Waals surface area contributed by atoms with Crippen molar-refractivity contribution in [1.82, 2.24) is 20.5 Å². The van der Waals surface area contributed by atoms with Gasteiger partial charge in [0.1, 0.15) is 11.0 Å². The van der Waals surface area contributed by atoms with E-state index >= 15 is 0 Å². The molecule has 1 aromatic carbocycles. The molecule has 3 amide bonds. The minimum atomic E-state index is -0.315. The van der Waals surface area contributed by atoms with Crippen LogP contribution >= 0.6 is 0 Å². The molecule has 1 aliphatic rings. The molecule has 0 bridgehead atoms. The van der Waals surface area contributed by atoms with Gasteiger partial charge < -0.3 is 43.2 Å². The van der Waals surface area contributed by atoms with E-state index in [0.717, 1.165) is 4.90 Å². The summed E-state index contributed by atoms with van der Waals surface area (Å²) in [5.41, 5.74) is 1.67. The highest BCUT2D eigenvalue weighted by atomic mass is 16.6. The lowest BCUT2D eigenvalue weighted by molar-refractivity contribution is -0.137. The molecule has 17 nitrogen and oxygen atoms in total. The van der Waals surface area contributed by atoms with Gasteiger partial charge in [0.05, 0.1) is 112 Å². The summed E-state index contributed by atoms with van der Waals surface area (Å²) in [4.78, 5) is 48.2. The maximum absolute atomic E-state index is 12.3. The number of amides is 3. The molecule has 1 N–H and O–H groups in total. The summed E-state index contributed by atoms with van der Waals surface area (Å²) in [7, 11) is 0. The standard InChI is InChI=1S/C33H48N4O13/c38-30(27-3-4-28-29(26-27)36-50-35-28)2-1-8-34-31(39)7-10-42-12-14-44-16-18-46-20-22-48-24-25-49-23-21-47-19-17-45-15-13-43-11-9-37-32(40)5-6-33(37)41/h3-6,26H,1-2,7-25H2,(H,34,39). The predicted molar refractivity (Wildman–Crippen MR) is 175 cm³/mol. The lowest BCUT2D eigenvalue weighted by atomic mass is 10.1. The van der Waals surface area contributed by atoms with Crippen molar-refractivity contribution < 1.29 is 61.7 Å². The zero-order valence-corrected chi connectivity index (χ0v) is 28.4. The Labute approximate surface area is 290 Å². The summed E-state index contributed by atoms with van der Waals surface area (Å²) in [6.07, 6.45) is 3.57. The lowest BCUT2D eigenvalue weighted by Crippen LogP contribution is -2.33. The third-order valence-electron chi connectivity index (χ3n) is 6.92. The van der Waals surface area contributed by atoms with Crippen LogP contribution in [-0.4, -0.2) is 158 Å². The van der Waals surface area contributed by atoms with Gasteiger partial charge in [-0.2, -0.15) is 0 Å². The van der Waals surface area contributed by atoms with Gasteiger partial charge in [-0.05, 0) is 34.9 Å². The highest BCUT2D eigenvalue weighted by Gasteiger charge is 2.22. The number of aromatic nitrogens is 2. The van der Waals surface area contributed by atoms with Crippen molar-refractivity contribution in [2.45, 2.75) is 19.3 Å². The first kappa shape index (κ1) is 40.7. The largest absolute Gasteiger partial charge is 0.379 e. The Balaban J connectivity index is 0.945. The second-order valence-corrected chi connectivity index (χ2v) is 10.7. The SMILES string of the molecule is O=C(CCOCCOCCOCCOCCOCCOCCOCCOCCN1C(=O)C=CC1=O)NCCCC(=O)c1ccc2nonc2c1. The Morgan fingerprint density at radius 1 is 0.600 bits per heavy atom. The molecule has 0 atom stereocenters. The van der Waals surface area contributed by atoms with Gasteiger partial charge in [-0.1, -0.05) is 0 Å². The van der Waals surface area contributed by atoms with Crippen LogP contribution in [0.25, 0.3) is 11.0 Å². The molecule has 0 saturated carbocycles. The van der Waals surface area contributed by atoms with Gasteiger partial charge in [-0.15, -0.1) is 0 Å². The molecule has 0 unspecified atom stereocenters. The Hall–Kier alpha value is -3.68. The molecule has 50 heavy (non-hydrogen) atoms. The van der Waals surface area contributed by atoms with Crippen LogP contribution in [0.2, 0.25) is 0 Å². The van der Waals surface area contributed by atoms with Gasteiger partial charge >= 0.3 is 0 Å². The van der Waals surface area contributed by atoms with Crippen molar-refractivity contribution in [3.05, 3.63) is 35.9 Å². The number of ether oxygens (including phenoxy) is 8. The van der Waals surface area contributed by atoms with Crippen molar-refractivity contribution >= 4 is 34.5 Å². The second kappa shape index (κ2) is 26.2. The van der Waals surface area contributed by atoms with Crippen LogP contribution in [0.3, 0.4) is 0 Å². The third kappa shape index (κ3) is 17.8. The van der Waals surface area contributed by atoms with Gasteiger partial charge in [0.15, 0.2) is 5.78 Å². The molecule has 1 aromatic heterocycles. The van der Waals surface area contributed by atoms with Crippen LogP contribution in [0, 0.1) is 0 Å². The quantitative estimate of drug-likeness (QED) is 0.0635. The smallest absolute Gasteiger partial charge is 0.253 e. The van der Waals surface area contributed by atoms with Crippen molar-refractivity contribution in [3.63, 3.8) is 0 Å². The van der Waals surface area contributed by atoms with E-state index in [4.69, 9.17) is 37.9 Å². The number of benzene rings is 1. The van der Waals surface area contributed by atoms with Crippen molar-refractivity contribution in [2.24, 2.45) is 0 Å². The zero-order valence-electron chi connectivity index (χ0n) is 28.4. The van der Waals surface area contributed by atoms with E-state index in [1.807, 2.05) is 0 Å². The summed E-state index contributed by atoms with van der Waals surface area (Å²) in [5.74, 6) is -0.792. The highest BCUT2D eigenvalue weighted by Crippen LogP contribution is 2.13. The molecule has 1 aliphatic heterocycles. The summed E-state index contributed by atoms with van der Waals surface area (Å²) >= 11 is 0. The van der Waals surface area contributed by atoms with E-state index in [9.17, 15) is 19.2 Å². The number of rotatable bonds is 32. The van der Waals surface area contributed by atoms with Crippen LogP contribution < -0.4 is 5.32 Å². The molecule has 0 spiro atoms. The lowest BCUT2D eigenvalue weighted by Gasteiger charge is -2.13. The number of nitrogens with zero attached hydrogens (tertiary/aromatic N) is 3. The number of carbonyl (C=O) groups excluding carboxylic acids is 4. The Bertz CT molecular complexity index is 1290. The Morgan fingerprint density at radius 3 is 1.58 bits per heavy atom. The first-order chi connectivity index (χ1) is 24.5. The third-order valence-corrected chi connectivity index (χ3v) is 6.92. The van der Waals surface area contributed by atoms with Gasteiger partial charge in [0.25, 0.3) is 11.8 Å². The number of imide groups is 1. The normalized spacial score (nSPS) is 12.8. The fourth-order valence-electron chi connectivity index (χ4n) is 4.28. The molecular formula is C33H48N4O13. The topological polar surface area (TPSA) is 196 Å². The zero-order chi connectivity index (χ0) is 35.5. The summed E-state index contributed by atoms with van der Waals surface area (Å²) in [6, 6.07) is 5.03. The Morgan fingerprint density at radius 2 is 1.06 bits per heavy atom. The summed E-state index contributed by atoms with van der Waals surface area (Å²) in [5, 5.41) is 10.2. The molecule has 3 rings (SSSR count). The number of fused-ring (bicyclic) bond motifs is 1. The van der Waals surface area contributed by atoms with E-state index < -0.39 is 0 Å². The minimum Gasteiger partial charge on any atom is -0.379 e. The average molecular weight is 709 g/mol. The molecule has 0 radical (unpaired) electrons. The monoisotopic (exact) mass is 708 g/mol. The van der Waals surface area contributed by atoms with Crippen LogP contribution in [0.5, 0.6) is 0 Å². The van der Waals surface area contributed by atoms with Crippen LogP contribution in [0.4, 0.5) is 0 Å². The van der Waals surface area contributed by atoms with Crippen molar-refractivity contribution in [3.8, 4) is 0 Å². The van der Waals surface area contributed by atoms with Crippen LogP contribution in [0.1, 0.15) is 29.6 Å². The molecular weight excluding hydrogens is 660 g/mol. The fourth-order valence-corrected chi connectivity index (χ4v) is 4.28. The van der Waals surface area contributed by atoms with Gasteiger partial charge in [0, 0.05) is 37.1 Å². The summed E-state index contributed by atoms with van der Waals surface area (Å²) < 4.78 is 48.1. The van der Waals surface area contributed by atoms with E-state index in [0.29, 0.717) is 128 Å². The van der Waals surface area contributed by atoms with Crippen LogP contribution in [-0.2, 0) is 52.3 Å². The van der Waals surface area contributed by atoms with E-state index in [1.54, 1.807) is 18.2 Å². The van der Waals surface area contributed by atoms with Gasteiger partial charge in [0.2, 0.25) is 5.91 Å². The average Bonchev–Trinajstić information content (AvgIpc) is 3.72. The predicted octanol–water partition coefficient (Wildman–Crippen LogP) is 0.750. The number of carbonyl (C=O) groups is 4. The van der Waals surface area contributed by atoms with E-state index in [1.165, 1.54) is 12.2 Å². The van der Waals surface area contributed by atoms with E-state index in [2.05, 4.69) is 20.3 Å². The number of hydrogen-bond donors (Lipinski definition) is 1. The summed E-state index contributed by atoms with van der Waals surface area (Å²) in [6.45, 7) is 7.16. The van der Waals surface area contributed by atoms with Gasteiger partial charge in [-0.25, -0.2) is 4.63 Å². The number of hydrogen-bond acceptors (Lipinski definition) is 15. The molecule has 0 saturated heterocycles. The first-order valence-corrected chi connectivity index (χ1v) is 16.7. The molecule has 278 valence electrons. The van der Waals surface area contributed by atoms with Crippen molar-refractivity contribution in [2.75, 3.05) is 119 Å². The first-order valence-electron chi connectivity index (χ1n) is 16.7. The van der Waals surface area contributed by atoms with Crippen LogP contribution in [0.15, 0.2) is 35.0 Å². The second-order valence-electron chi connectivity index (χ2n) is 10.7. The molecule has 0 fully saturated rings. The molecule has 0 aliphatic carbocycles. The van der Waals surface area contributed by atoms with E-state index in [-0.39, 0.29) is 49.7 Å².